The molecule has 0 aliphatic carbocycles. The van der Waals surface area contributed by atoms with Crippen molar-refractivity contribution < 1.29 is 9.90 Å². The summed E-state index contributed by atoms with van der Waals surface area (Å²) in [5, 5.41) is 12.0. The molecule has 0 radical (unpaired) electrons. The van der Waals surface area contributed by atoms with Gasteiger partial charge in [-0.2, -0.15) is 0 Å². The zero-order chi connectivity index (χ0) is 17.1. The fourth-order valence-electron chi connectivity index (χ4n) is 2.49. The number of rotatable bonds is 4. The lowest BCUT2D eigenvalue weighted by atomic mass is 10.1. The minimum Gasteiger partial charge on any atom is -0.392 e. The number of carbonyl (C=O) groups is 1. The molecule has 0 atom stereocenters. The van der Waals surface area contributed by atoms with Gasteiger partial charge >= 0.3 is 0 Å². The van der Waals surface area contributed by atoms with Crippen molar-refractivity contribution in [3.05, 3.63) is 87.3 Å². The molecule has 0 aliphatic heterocycles. The van der Waals surface area contributed by atoms with Gasteiger partial charge < -0.3 is 10.4 Å². The fraction of sp³-hybridized carbons (Fsp3) is 0.158. The lowest BCUT2D eigenvalue weighted by molar-refractivity contribution is 0.0949. The first-order valence-corrected chi connectivity index (χ1v) is 7.67. The van der Waals surface area contributed by atoms with E-state index in [1.54, 1.807) is 24.4 Å². The summed E-state index contributed by atoms with van der Waals surface area (Å²) in [6, 6.07) is 14.6. The highest BCUT2D eigenvalue weighted by Gasteiger charge is 2.12. The molecule has 2 N–H and O–H groups in total. The van der Waals surface area contributed by atoms with E-state index < -0.39 is 11.5 Å². The summed E-state index contributed by atoms with van der Waals surface area (Å²) in [7, 11) is 0. The number of carbonyl (C=O) groups excluding carboxylic acids is 1. The monoisotopic (exact) mass is 322 g/mol. The van der Waals surface area contributed by atoms with E-state index in [2.05, 4.69) is 5.32 Å². The van der Waals surface area contributed by atoms with Crippen LogP contribution >= 0.6 is 0 Å². The van der Waals surface area contributed by atoms with E-state index in [0.717, 1.165) is 11.1 Å². The average molecular weight is 322 g/mol. The van der Waals surface area contributed by atoms with E-state index in [1.807, 2.05) is 31.2 Å². The third kappa shape index (κ3) is 3.21. The van der Waals surface area contributed by atoms with Gasteiger partial charge in [-0.05, 0) is 36.2 Å². The summed E-state index contributed by atoms with van der Waals surface area (Å²) in [5.74, 6) is -0.413. The topological polar surface area (TPSA) is 70.8 Å². The van der Waals surface area contributed by atoms with Crippen molar-refractivity contribution in [2.24, 2.45) is 0 Å². The van der Waals surface area contributed by atoms with Crippen LogP contribution in [0.4, 0.5) is 0 Å². The summed E-state index contributed by atoms with van der Waals surface area (Å²) >= 11 is 0. The summed E-state index contributed by atoms with van der Waals surface area (Å²) in [4.78, 5) is 24.8. The van der Waals surface area contributed by atoms with Crippen LogP contribution in [0.25, 0.3) is 5.52 Å². The highest BCUT2D eigenvalue weighted by Crippen LogP contribution is 2.07. The number of pyridine rings is 2. The van der Waals surface area contributed by atoms with Gasteiger partial charge in [0.05, 0.1) is 6.61 Å². The molecular formula is C19H18N2O3. The van der Waals surface area contributed by atoms with Crippen molar-refractivity contribution in [3.8, 4) is 0 Å². The molecule has 0 unspecified atom stereocenters. The fourth-order valence-corrected chi connectivity index (χ4v) is 2.49. The molecule has 5 heteroatoms. The van der Waals surface area contributed by atoms with E-state index in [4.69, 9.17) is 0 Å². The van der Waals surface area contributed by atoms with E-state index in [0.29, 0.717) is 17.6 Å². The van der Waals surface area contributed by atoms with E-state index in [1.165, 1.54) is 10.5 Å². The molecule has 3 aromatic rings. The summed E-state index contributed by atoms with van der Waals surface area (Å²) < 4.78 is 1.38. The summed E-state index contributed by atoms with van der Waals surface area (Å²) in [6.45, 7) is 2.20. The Balaban J connectivity index is 1.85. The van der Waals surface area contributed by atoms with Crippen LogP contribution in [0.2, 0.25) is 0 Å². The maximum atomic E-state index is 12.5. The van der Waals surface area contributed by atoms with Gasteiger partial charge in [-0.1, -0.05) is 35.9 Å². The van der Waals surface area contributed by atoms with Crippen molar-refractivity contribution in [1.29, 1.82) is 0 Å². The van der Waals surface area contributed by atoms with Gasteiger partial charge in [-0.3, -0.25) is 14.0 Å². The molecule has 2 aromatic heterocycles. The Bertz CT molecular complexity index is 943. The molecule has 2 heterocycles. The zero-order valence-electron chi connectivity index (χ0n) is 13.3. The number of amides is 1. The van der Waals surface area contributed by atoms with Crippen LogP contribution in [-0.4, -0.2) is 15.4 Å². The van der Waals surface area contributed by atoms with Crippen LogP contribution in [0, 0.1) is 6.92 Å². The normalized spacial score (nSPS) is 10.8. The van der Waals surface area contributed by atoms with Crippen molar-refractivity contribution in [3.63, 3.8) is 0 Å². The van der Waals surface area contributed by atoms with Gasteiger partial charge in [0.15, 0.2) is 0 Å². The number of benzene rings is 1. The highest BCUT2D eigenvalue weighted by atomic mass is 16.3. The number of nitrogens with one attached hydrogen (secondary N) is 1. The molecule has 0 bridgehead atoms. The number of aliphatic hydroxyl groups excluding tert-OH is 1. The number of hydrogen-bond donors (Lipinski definition) is 2. The van der Waals surface area contributed by atoms with Gasteiger partial charge in [0.2, 0.25) is 0 Å². The number of aliphatic hydroxyl groups is 1. The van der Waals surface area contributed by atoms with Crippen LogP contribution < -0.4 is 10.9 Å². The van der Waals surface area contributed by atoms with Crippen molar-refractivity contribution >= 4 is 11.4 Å². The average Bonchev–Trinajstić information content (AvgIpc) is 2.61. The Morgan fingerprint density at radius 2 is 1.71 bits per heavy atom. The Morgan fingerprint density at radius 1 is 1.04 bits per heavy atom. The van der Waals surface area contributed by atoms with Gasteiger partial charge in [-0.15, -0.1) is 0 Å². The van der Waals surface area contributed by atoms with Gasteiger partial charge in [0.25, 0.3) is 11.5 Å². The smallest absolute Gasteiger partial charge is 0.267 e. The molecule has 0 fully saturated rings. The molecule has 1 aromatic carbocycles. The van der Waals surface area contributed by atoms with Crippen LogP contribution in [0.5, 0.6) is 0 Å². The number of aryl methyl sites for hydroxylation is 1. The van der Waals surface area contributed by atoms with Gasteiger partial charge in [-0.25, -0.2) is 0 Å². The Kier molecular flexibility index (Phi) is 4.44. The zero-order valence-corrected chi connectivity index (χ0v) is 13.3. The minimum atomic E-state index is -0.413. The van der Waals surface area contributed by atoms with Gasteiger partial charge in [0, 0.05) is 18.3 Å². The molecule has 0 saturated carbocycles. The quantitative estimate of drug-likeness (QED) is 0.772. The van der Waals surface area contributed by atoms with Crippen LogP contribution in [0.15, 0.2) is 59.5 Å². The summed E-state index contributed by atoms with van der Waals surface area (Å²) in [6.07, 6.45) is 1.55. The number of aromatic nitrogens is 1. The van der Waals surface area contributed by atoms with Crippen LogP contribution in [-0.2, 0) is 13.2 Å². The molecular weight excluding hydrogens is 304 g/mol. The van der Waals surface area contributed by atoms with E-state index >= 15 is 0 Å². The molecule has 3 rings (SSSR count). The molecule has 0 spiro atoms. The lowest BCUT2D eigenvalue weighted by Gasteiger charge is -2.08. The predicted octanol–water partition coefficient (Wildman–Crippen LogP) is 2.03. The standard InChI is InChI=1S/C19H18N2O3/c1-13-2-4-14(5-3-13)10-20-18(23)17-9-8-16-7-6-15(12-22)11-21(16)19(17)24/h2-9,11,22H,10,12H2,1H3,(H,20,23). The third-order valence-corrected chi connectivity index (χ3v) is 3.91. The Morgan fingerprint density at radius 3 is 2.42 bits per heavy atom. The maximum Gasteiger partial charge on any atom is 0.267 e. The minimum absolute atomic E-state index is 0.0784. The predicted molar refractivity (Wildman–Crippen MR) is 91.9 cm³/mol. The third-order valence-electron chi connectivity index (χ3n) is 3.91. The first kappa shape index (κ1) is 16.0. The summed E-state index contributed by atoms with van der Waals surface area (Å²) in [5.41, 5.74) is 3.09. The molecule has 122 valence electrons. The van der Waals surface area contributed by atoms with Crippen molar-refractivity contribution in [2.45, 2.75) is 20.1 Å². The van der Waals surface area contributed by atoms with Crippen molar-refractivity contribution in [2.75, 3.05) is 0 Å². The van der Waals surface area contributed by atoms with Crippen molar-refractivity contribution in [1.82, 2.24) is 9.72 Å². The molecule has 0 aliphatic rings. The lowest BCUT2D eigenvalue weighted by Crippen LogP contribution is -2.30. The number of hydrogen-bond acceptors (Lipinski definition) is 3. The second kappa shape index (κ2) is 6.68. The van der Waals surface area contributed by atoms with Crippen LogP contribution in [0.1, 0.15) is 27.0 Å². The molecule has 1 amide bonds. The Hall–Kier alpha value is -2.92. The van der Waals surface area contributed by atoms with E-state index in [-0.39, 0.29) is 12.2 Å². The highest BCUT2D eigenvalue weighted by molar-refractivity contribution is 5.94. The first-order valence-electron chi connectivity index (χ1n) is 7.67. The molecule has 5 nitrogen and oxygen atoms in total. The Labute approximate surface area is 139 Å². The first-order chi connectivity index (χ1) is 11.6. The van der Waals surface area contributed by atoms with E-state index in [9.17, 15) is 14.7 Å². The second-order valence-corrected chi connectivity index (χ2v) is 5.71. The second-order valence-electron chi connectivity index (χ2n) is 5.71. The van der Waals surface area contributed by atoms with Crippen LogP contribution in [0.3, 0.4) is 0 Å². The maximum absolute atomic E-state index is 12.5. The SMILES string of the molecule is Cc1ccc(CNC(=O)c2ccc3ccc(CO)cn3c2=O)cc1. The molecule has 0 saturated heterocycles. The molecule has 24 heavy (non-hydrogen) atoms. The largest absolute Gasteiger partial charge is 0.392 e. The number of fused-ring (bicyclic) bond motifs is 1. The number of nitrogens with zero attached hydrogens (tertiary/aromatic N) is 1. The van der Waals surface area contributed by atoms with Gasteiger partial charge in [0.1, 0.15) is 5.56 Å².